The monoisotopic (exact) mass is 296 g/mol. The third-order valence-corrected chi connectivity index (χ3v) is 5.15. The molecule has 2 aromatic rings. The van der Waals surface area contributed by atoms with Crippen LogP contribution in [0.25, 0.3) is 11.4 Å². The van der Waals surface area contributed by atoms with Gasteiger partial charge in [-0.05, 0) is 49.3 Å². The van der Waals surface area contributed by atoms with Crippen molar-refractivity contribution in [1.29, 1.82) is 0 Å². The number of amides is 1. The van der Waals surface area contributed by atoms with E-state index in [1.807, 2.05) is 18.2 Å². The highest BCUT2D eigenvalue weighted by atomic mass is 16.2. The lowest BCUT2D eigenvalue weighted by molar-refractivity contribution is 0.0921. The molecular weight excluding hydrogens is 276 g/mol. The zero-order valence-corrected chi connectivity index (χ0v) is 12.5. The van der Waals surface area contributed by atoms with Gasteiger partial charge in [-0.3, -0.25) is 14.9 Å². The Morgan fingerprint density at radius 3 is 3.00 bits per heavy atom. The highest BCUT2D eigenvalue weighted by Crippen LogP contribution is 2.44. The second-order valence-corrected chi connectivity index (χ2v) is 6.39. The smallest absolute Gasteiger partial charge is 0.269 e. The van der Waals surface area contributed by atoms with E-state index >= 15 is 0 Å². The normalized spacial score (nSPS) is 26.8. The van der Waals surface area contributed by atoms with Crippen molar-refractivity contribution in [3.8, 4) is 11.4 Å². The number of hydrogen-bond acceptors (Lipinski definition) is 3. The van der Waals surface area contributed by atoms with Gasteiger partial charge in [-0.1, -0.05) is 18.9 Å². The van der Waals surface area contributed by atoms with Crippen molar-refractivity contribution in [2.45, 2.75) is 38.1 Å². The molecule has 2 heterocycles. The van der Waals surface area contributed by atoms with E-state index in [0.29, 0.717) is 23.3 Å². The van der Waals surface area contributed by atoms with E-state index in [-0.39, 0.29) is 5.91 Å². The van der Waals surface area contributed by atoms with E-state index in [0.717, 1.165) is 18.0 Å². The fraction of sp³-hybridized carbons (Fsp3) is 0.471. The van der Waals surface area contributed by atoms with Crippen molar-refractivity contribution >= 4 is 5.91 Å². The molecule has 2 aliphatic rings. The molecule has 2 saturated carbocycles. The molecular formula is C17H20N4O. The number of hydrogen-bond donors (Lipinski definition) is 2. The lowest BCUT2D eigenvalue weighted by Gasteiger charge is -2.19. The van der Waals surface area contributed by atoms with Crippen LogP contribution >= 0.6 is 0 Å². The van der Waals surface area contributed by atoms with Crippen LogP contribution < -0.4 is 5.32 Å². The molecule has 2 aliphatic carbocycles. The summed E-state index contributed by atoms with van der Waals surface area (Å²) in [6.07, 6.45) is 8.01. The largest absolute Gasteiger partial charge is 0.348 e. The van der Waals surface area contributed by atoms with Crippen LogP contribution in [0.15, 0.2) is 30.5 Å². The molecule has 0 radical (unpaired) electrons. The number of nitrogens with zero attached hydrogens (tertiary/aromatic N) is 2. The molecule has 1 amide bonds. The molecule has 2 N–H and O–H groups in total. The van der Waals surface area contributed by atoms with E-state index in [1.165, 1.54) is 25.7 Å². The fourth-order valence-electron chi connectivity index (χ4n) is 4.07. The summed E-state index contributed by atoms with van der Waals surface area (Å²) in [6, 6.07) is 7.77. The van der Waals surface area contributed by atoms with Gasteiger partial charge in [0.2, 0.25) is 0 Å². The minimum Gasteiger partial charge on any atom is -0.348 e. The van der Waals surface area contributed by atoms with E-state index in [4.69, 9.17) is 0 Å². The van der Waals surface area contributed by atoms with Gasteiger partial charge in [0.1, 0.15) is 11.4 Å². The van der Waals surface area contributed by atoms with E-state index in [9.17, 15) is 4.79 Å². The summed E-state index contributed by atoms with van der Waals surface area (Å²) in [7, 11) is 0. The molecule has 5 heteroatoms. The predicted octanol–water partition coefficient (Wildman–Crippen LogP) is 2.78. The summed E-state index contributed by atoms with van der Waals surface area (Å²) < 4.78 is 0. The van der Waals surface area contributed by atoms with Crippen LogP contribution in [0.3, 0.4) is 0 Å². The summed E-state index contributed by atoms with van der Waals surface area (Å²) >= 11 is 0. The maximum absolute atomic E-state index is 12.4. The topological polar surface area (TPSA) is 70.7 Å². The summed E-state index contributed by atoms with van der Waals surface area (Å²) in [5, 5.41) is 10.2. The number of carbonyl (C=O) groups is 1. The number of pyridine rings is 1. The van der Waals surface area contributed by atoms with Crippen molar-refractivity contribution in [2.24, 2.45) is 11.8 Å². The van der Waals surface area contributed by atoms with E-state index in [2.05, 4.69) is 20.5 Å². The molecule has 0 bridgehead atoms. The van der Waals surface area contributed by atoms with Gasteiger partial charge in [0.15, 0.2) is 0 Å². The highest BCUT2D eigenvalue weighted by Gasteiger charge is 2.39. The Labute approximate surface area is 129 Å². The van der Waals surface area contributed by atoms with Crippen LogP contribution in [0.1, 0.15) is 42.6 Å². The van der Waals surface area contributed by atoms with Gasteiger partial charge in [0.25, 0.3) is 5.91 Å². The zero-order chi connectivity index (χ0) is 14.9. The van der Waals surface area contributed by atoms with Gasteiger partial charge >= 0.3 is 0 Å². The van der Waals surface area contributed by atoms with Gasteiger partial charge in [0, 0.05) is 12.2 Å². The Hall–Kier alpha value is -2.17. The van der Waals surface area contributed by atoms with Gasteiger partial charge in [-0.25, -0.2) is 0 Å². The van der Waals surface area contributed by atoms with Crippen LogP contribution in [-0.2, 0) is 0 Å². The van der Waals surface area contributed by atoms with Gasteiger partial charge in [0.05, 0.1) is 5.69 Å². The number of nitrogens with one attached hydrogen (secondary N) is 2. The molecule has 2 aromatic heterocycles. The third-order valence-electron chi connectivity index (χ3n) is 5.15. The Kier molecular flexibility index (Phi) is 3.41. The third kappa shape index (κ3) is 2.40. The van der Waals surface area contributed by atoms with Gasteiger partial charge < -0.3 is 5.32 Å². The predicted molar refractivity (Wildman–Crippen MR) is 83.1 cm³/mol. The zero-order valence-electron chi connectivity index (χ0n) is 12.5. The van der Waals surface area contributed by atoms with Crippen LogP contribution in [-0.4, -0.2) is 27.1 Å². The summed E-state index contributed by atoms with van der Waals surface area (Å²) in [5.74, 6) is 1.46. The maximum atomic E-state index is 12.4. The van der Waals surface area contributed by atoms with E-state index < -0.39 is 0 Å². The molecule has 0 saturated heterocycles. The van der Waals surface area contributed by atoms with Crippen LogP contribution in [0.5, 0.6) is 0 Å². The molecule has 0 aliphatic heterocycles. The molecule has 114 valence electrons. The van der Waals surface area contributed by atoms with E-state index in [1.54, 1.807) is 12.3 Å². The standard InChI is InChI=1S/C17H20N4O/c22-17(19-13-8-7-11-4-3-5-12(11)13)16-10-15(20-21-16)14-6-1-2-9-18-14/h1-2,6,9-13H,3-5,7-8H2,(H,19,22)(H,20,21)/t11-,12-,13-/m0/s1. The first-order chi connectivity index (χ1) is 10.8. The Morgan fingerprint density at radius 2 is 2.14 bits per heavy atom. The lowest BCUT2D eigenvalue weighted by atomic mass is 9.97. The van der Waals surface area contributed by atoms with Crippen molar-refractivity contribution in [1.82, 2.24) is 20.5 Å². The number of rotatable bonds is 3. The van der Waals surface area contributed by atoms with Crippen molar-refractivity contribution in [3.05, 3.63) is 36.2 Å². The number of aromatic amines is 1. The minimum absolute atomic E-state index is 0.0489. The molecule has 0 unspecified atom stereocenters. The highest BCUT2D eigenvalue weighted by molar-refractivity contribution is 5.93. The van der Waals surface area contributed by atoms with Crippen molar-refractivity contribution in [2.75, 3.05) is 0 Å². The summed E-state index contributed by atoms with van der Waals surface area (Å²) in [4.78, 5) is 16.7. The van der Waals surface area contributed by atoms with Crippen molar-refractivity contribution in [3.63, 3.8) is 0 Å². The minimum atomic E-state index is -0.0489. The fourth-order valence-corrected chi connectivity index (χ4v) is 4.07. The first kappa shape index (κ1) is 13.5. The number of fused-ring (bicyclic) bond motifs is 1. The lowest BCUT2D eigenvalue weighted by Crippen LogP contribution is -2.37. The van der Waals surface area contributed by atoms with Crippen LogP contribution in [0.2, 0.25) is 0 Å². The molecule has 5 nitrogen and oxygen atoms in total. The SMILES string of the molecule is O=C(N[C@H]1CC[C@@H]2CCC[C@@H]21)c1cc(-c2ccccn2)n[nH]1. The average molecular weight is 296 g/mol. The second-order valence-electron chi connectivity index (χ2n) is 6.39. The second kappa shape index (κ2) is 5.55. The first-order valence-electron chi connectivity index (χ1n) is 8.09. The average Bonchev–Trinajstić information content (AvgIpc) is 3.26. The molecule has 0 aromatic carbocycles. The molecule has 4 rings (SSSR count). The number of H-pyrrole nitrogens is 1. The number of carbonyl (C=O) groups excluding carboxylic acids is 1. The Bertz CT molecular complexity index is 666. The van der Waals surface area contributed by atoms with Crippen LogP contribution in [0, 0.1) is 11.8 Å². The molecule has 2 fully saturated rings. The molecule has 3 atom stereocenters. The Morgan fingerprint density at radius 1 is 1.18 bits per heavy atom. The van der Waals surface area contributed by atoms with Gasteiger partial charge in [-0.2, -0.15) is 5.10 Å². The number of aromatic nitrogens is 3. The quantitative estimate of drug-likeness (QED) is 0.915. The van der Waals surface area contributed by atoms with Crippen LogP contribution in [0.4, 0.5) is 0 Å². The summed E-state index contributed by atoms with van der Waals surface area (Å²) in [5.41, 5.74) is 1.99. The van der Waals surface area contributed by atoms with Gasteiger partial charge in [-0.15, -0.1) is 0 Å². The first-order valence-corrected chi connectivity index (χ1v) is 8.09. The molecule has 0 spiro atoms. The molecule has 22 heavy (non-hydrogen) atoms. The summed E-state index contributed by atoms with van der Waals surface area (Å²) in [6.45, 7) is 0. The maximum Gasteiger partial charge on any atom is 0.269 e. The Balaban J connectivity index is 1.46. The van der Waals surface area contributed by atoms with Crippen molar-refractivity contribution < 1.29 is 4.79 Å².